The molecule has 1 fully saturated rings. The average molecular weight is 280 g/mol. The van der Waals surface area contributed by atoms with Gasteiger partial charge in [-0.2, -0.15) is 0 Å². The molecule has 3 rings (SSSR count). The van der Waals surface area contributed by atoms with Crippen LogP contribution in [0.2, 0.25) is 0 Å². The summed E-state index contributed by atoms with van der Waals surface area (Å²) in [5.74, 6) is 0.640. The van der Waals surface area contributed by atoms with Gasteiger partial charge >= 0.3 is 0 Å². The van der Waals surface area contributed by atoms with Crippen LogP contribution in [0.4, 0.5) is 0 Å². The number of rotatable bonds is 2. The maximum Gasteiger partial charge on any atom is 0.219 e. The molecule has 0 bridgehead atoms. The molecule has 0 unspecified atom stereocenters. The van der Waals surface area contributed by atoms with Gasteiger partial charge in [0.15, 0.2) is 0 Å². The number of pyridine rings is 1. The van der Waals surface area contributed by atoms with E-state index < -0.39 is 0 Å². The van der Waals surface area contributed by atoms with Gasteiger partial charge in [0.05, 0.1) is 5.52 Å². The molecule has 3 heteroatoms. The Hall–Kier alpha value is -2.16. The minimum absolute atomic E-state index is 0.178. The van der Waals surface area contributed by atoms with E-state index in [9.17, 15) is 4.79 Å². The molecule has 0 radical (unpaired) electrons. The van der Waals surface area contributed by atoms with E-state index in [4.69, 9.17) is 4.98 Å². The lowest BCUT2D eigenvalue weighted by Crippen LogP contribution is -2.36. The molecule has 108 valence electrons. The largest absolute Gasteiger partial charge is 0.343 e. The SMILES string of the molecule is C=Cc1ccc2nc(C3CCN(C(C)=O)CC3)ccc2c1. The molecule has 3 nitrogen and oxygen atoms in total. The van der Waals surface area contributed by atoms with E-state index >= 15 is 0 Å². The molecule has 0 spiro atoms. The number of hydrogen-bond acceptors (Lipinski definition) is 2. The first kappa shape index (κ1) is 13.8. The molecule has 21 heavy (non-hydrogen) atoms. The van der Waals surface area contributed by atoms with Gasteiger partial charge in [0.2, 0.25) is 5.91 Å². The quantitative estimate of drug-likeness (QED) is 0.842. The fraction of sp³-hybridized carbons (Fsp3) is 0.333. The second-order valence-corrected chi connectivity index (χ2v) is 5.67. The molecule has 0 N–H and O–H groups in total. The number of amides is 1. The first-order valence-corrected chi connectivity index (χ1v) is 7.46. The van der Waals surface area contributed by atoms with Crippen molar-refractivity contribution < 1.29 is 4.79 Å². The van der Waals surface area contributed by atoms with Crippen LogP contribution in [0.1, 0.15) is 36.9 Å². The molecule has 2 heterocycles. The summed E-state index contributed by atoms with van der Waals surface area (Å²) >= 11 is 0. The van der Waals surface area contributed by atoms with Crippen molar-refractivity contribution in [1.82, 2.24) is 9.88 Å². The van der Waals surface area contributed by atoms with Gasteiger partial charge < -0.3 is 4.90 Å². The zero-order chi connectivity index (χ0) is 14.8. The summed E-state index contributed by atoms with van der Waals surface area (Å²) in [4.78, 5) is 18.1. The monoisotopic (exact) mass is 280 g/mol. The third-order valence-corrected chi connectivity index (χ3v) is 4.33. The maximum atomic E-state index is 11.4. The Morgan fingerprint density at radius 2 is 2.05 bits per heavy atom. The maximum absolute atomic E-state index is 11.4. The van der Waals surface area contributed by atoms with Gasteiger partial charge in [0.1, 0.15) is 0 Å². The fourth-order valence-electron chi connectivity index (χ4n) is 3.00. The zero-order valence-corrected chi connectivity index (χ0v) is 12.4. The average Bonchev–Trinajstić information content (AvgIpc) is 2.54. The minimum atomic E-state index is 0.178. The van der Waals surface area contributed by atoms with Gasteiger partial charge in [-0.1, -0.05) is 24.8 Å². The van der Waals surface area contributed by atoms with Crippen molar-refractivity contribution in [3.05, 3.63) is 48.2 Å². The van der Waals surface area contributed by atoms with Crippen LogP contribution in [0, 0.1) is 0 Å². The Labute approximate surface area is 125 Å². The van der Waals surface area contributed by atoms with Gasteiger partial charge in [0.25, 0.3) is 0 Å². The van der Waals surface area contributed by atoms with Crippen LogP contribution in [0.25, 0.3) is 17.0 Å². The standard InChI is InChI=1S/C18H20N2O/c1-3-14-4-6-18-16(12-14)5-7-17(19-18)15-8-10-20(11-9-15)13(2)21/h3-7,12,15H,1,8-11H2,2H3. The highest BCUT2D eigenvalue weighted by molar-refractivity contribution is 5.81. The summed E-state index contributed by atoms with van der Waals surface area (Å²) in [7, 11) is 0. The molecule has 0 atom stereocenters. The number of fused-ring (bicyclic) bond motifs is 1. The van der Waals surface area contributed by atoms with Crippen molar-refractivity contribution in [2.24, 2.45) is 0 Å². The number of piperidine rings is 1. The van der Waals surface area contributed by atoms with Crippen LogP contribution in [-0.2, 0) is 4.79 Å². The third-order valence-electron chi connectivity index (χ3n) is 4.33. The number of carbonyl (C=O) groups excluding carboxylic acids is 1. The molecule has 1 amide bonds. The lowest BCUT2D eigenvalue weighted by atomic mass is 9.92. The van der Waals surface area contributed by atoms with E-state index in [2.05, 4.69) is 30.8 Å². The number of carbonyl (C=O) groups is 1. The van der Waals surface area contributed by atoms with E-state index in [1.165, 1.54) is 0 Å². The summed E-state index contributed by atoms with van der Waals surface area (Å²) in [5, 5.41) is 1.15. The molecule has 1 aromatic carbocycles. The summed E-state index contributed by atoms with van der Waals surface area (Å²) in [6, 6.07) is 10.5. The Balaban J connectivity index is 1.82. The topological polar surface area (TPSA) is 33.2 Å². The first-order chi connectivity index (χ1) is 10.2. The summed E-state index contributed by atoms with van der Waals surface area (Å²) in [6.07, 6.45) is 3.86. The molecular weight excluding hydrogens is 260 g/mol. The molecule has 1 aromatic heterocycles. The van der Waals surface area contributed by atoms with Crippen molar-refractivity contribution in [2.75, 3.05) is 13.1 Å². The van der Waals surface area contributed by atoms with Crippen molar-refractivity contribution in [2.45, 2.75) is 25.7 Å². The highest BCUT2D eigenvalue weighted by Crippen LogP contribution is 2.28. The Morgan fingerprint density at radius 3 is 2.71 bits per heavy atom. The Morgan fingerprint density at radius 1 is 1.29 bits per heavy atom. The van der Waals surface area contributed by atoms with Gasteiger partial charge in [-0.3, -0.25) is 9.78 Å². The molecule has 1 aliphatic heterocycles. The van der Waals surface area contributed by atoms with Crippen molar-refractivity contribution >= 4 is 22.9 Å². The van der Waals surface area contributed by atoms with Gasteiger partial charge in [-0.25, -0.2) is 0 Å². The van der Waals surface area contributed by atoms with Gasteiger partial charge in [0, 0.05) is 37.0 Å². The van der Waals surface area contributed by atoms with Gasteiger partial charge in [-0.05, 0) is 36.6 Å². The predicted molar refractivity (Wildman–Crippen MR) is 86.1 cm³/mol. The second kappa shape index (κ2) is 5.68. The van der Waals surface area contributed by atoms with Crippen LogP contribution in [-0.4, -0.2) is 28.9 Å². The fourth-order valence-corrected chi connectivity index (χ4v) is 3.00. The highest BCUT2D eigenvalue weighted by atomic mass is 16.2. The number of aromatic nitrogens is 1. The van der Waals surface area contributed by atoms with Gasteiger partial charge in [-0.15, -0.1) is 0 Å². The number of nitrogens with zero attached hydrogens (tertiary/aromatic N) is 2. The third kappa shape index (κ3) is 2.82. The second-order valence-electron chi connectivity index (χ2n) is 5.67. The van der Waals surface area contributed by atoms with E-state index in [-0.39, 0.29) is 5.91 Å². The van der Waals surface area contributed by atoms with E-state index in [1.54, 1.807) is 6.92 Å². The minimum Gasteiger partial charge on any atom is -0.343 e. The molecular formula is C18H20N2O. The van der Waals surface area contributed by atoms with Crippen molar-refractivity contribution in [3.63, 3.8) is 0 Å². The first-order valence-electron chi connectivity index (χ1n) is 7.46. The molecule has 2 aromatic rings. The molecule has 1 aliphatic rings. The van der Waals surface area contributed by atoms with E-state index in [0.29, 0.717) is 5.92 Å². The number of hydrogen-bond donors (Lipinski definition) is 0. The van der Waals surface area contributed by atoms with Crippen LogP contribution in [0.3, 0.4) is 0 Å². The number of benzene rings is 1. The van der Waals surface area contributed by atoms with E-state index in [0.717, 1.165) is 48.1 Å². The van der Waals surface area contributed by atoms with E-state index in [1.807, 2.05) is 17.0 Å². The molecule has 0 saturated carbocycles. The molecule has 1 saturated heterocycles. The Bertz CT molecular complexity index is 685. The van der Waals surface area contributed by atoms with Crippen molar-refractivity contribution in [3.8, 4) is 0 Å². The number of likely N-dealkylation sites (tertiary alicyclic amines) is 1. The Kier molecular flexibility index (Phi) is 3.74. The zero-order valence-electron chi connectivity index (χ0n) is 12.4. The molecule has 0 aliphatic carbocycles. The van der Waals surface area contributed by atoms with Crippen molar-refractivity contribution in [1.29, 1.82) is 0 Å². The summed E-state index contributed by atoms with van der Waals surface area (Å²) in [6.45, 7) is 7.13. The predicted octanol–water partition coefficient (Wildman–Crippen LogP) is 3.60. The van der Waals surface area contributed by atoms with Crippen LogP contribution in [0.5, 0.6) is 0 Å². The summed E-state index contributed by atoms with van der Waals surface area (Å²) < 4.78 is 0. The van der Waals surface area contributed by atoms with Crippen LogP contribution < -0.4 is 0 Å². The smallest absolute Gasteiger partial charge is 0.219 e. The lowest BCUT2D eigenvalue weighted by molar-refractivity contribution is -0.129. The lowest BCUT2D eigenvalue weighted by Gasteiger charge is -2.31. The van der Waals surface area contributed by atoms with Crippen LogP contribution >= 0.6 is 0 Å². The highest BCUT2D eigenvalue weighted by Gasteiger charge is 2.22. The summed E-state index contributed by atoms with van der Waals surface area (Å²) in [5.41, 5.74) is 3.30. The normalized spacial score (nSPS) is 16.1. The van der Waals surface area contributed by atoms with Crippen LogP contribution in [0.15, 0.2) is 36.9 Å².